The van der Waals surface area contributed by atoms with Gasteiger partial charge in [0.15, 0.2) is 0 Å². The van der Waals surface area contributed by atoms with E-state index < -0.39 is 4.92 Å². The predicted octanol–water partition coefficient (Wildman–Crippen LogP) is 1.66. The summed E-state index contributed by atoms with van der Waals surface area (Å²) in [4.78, 5) is 10.7. The number of aromatic nitrogens is 2. The van der Waals surface area contributed by atoms with Crippen LogP contribution < -0.4 is 10.1 Å². The van der Waals surface area contributed by atoms with E-state index in [0.29, 0.717) is 25.3 Å². The first kappa shape index (κ1) is 15.4. The van der Waals surface area contributed by atoms with Crippen molar-refractivity contribution in [1.29, 1.82) is 0 Å². The maximum atomic E-state index is 11.1. The molecule has 7 nitrogen and oxygen atoms in total. The SMILES string of the molecule is CCCNCCOc1c([N+](=O)[O-])c(CCC)nn1C. The van der Waals surface area contributed by atoms with E-state index in [9.17, 15) is 10.1 Å². The highest BCUT2D eigenvalue weighted by Gasteiger charge is 2.27. The lowest BCUT2D eigenvalue weighted by Gasteiger charge is -2.06. The van der Waals surface area contributed by atoms with Crippen LogP contribution in [-0.4, -0.2) is 34.4 Å². The van der Waals surface area contributed by atoms with E-state index in [1.165, 1.54) is 4.68 Å². The molecule has 1 aromatic heterocycles. The molecule has 0 aliphatic heterocycles. The van der Waals surface area contributed by atoms with E-state index in [1.54, 1.807) is 7.05 Å². The summed E-state index contributed by atoms with van der Waals surface area (Å²) in [7, 11) is 1.67. The zero-order chi connectivity index (χ0) is 14.3. The largest absolute Gasteiger partial charge is 0.472 e. The molecule has 1 rings (SSSR count). The number of aryl methyl sites for hydroxylation is 2. The first-order chi connectivity index (χ1) is 9.11. The van der Waals surface area contributed by atoms with Gasteiger partial charge in [-0.25, -0.2) is 4.68 Å². The van der Waals surface area contributed by atoms with Crippen LogP contribution in [0.3, 0.4) is 0 Å². The Bertz CT molecular complexity index is 417. The summed E-state index contributed by atoms with van der Waals surface area (Å²) in [6, 6.07) is 0. The average molecular weight is 270 g/mol. The lowest BCUT2D eigenvalue weighted by Crippen LogP contribution is -2.22. The minimum absolute atomic E-state index is 0.000147. The maximum Gasteiger partial charge on any atom is 0.353 e. The van der Waals surface area contributed by atoms with Gasteiger partial charge in [-0.1, -0.05) is 20.3 Å². The number of hydrogen-bond acceptors (Lipinski definition) is 5. The van der Waals surface area contributed by atoms with Crippen molar-refractivity contribution >= 4 is 5.69 Å². The van der Waals surface area contributed by atoms with Crippen molar-refractivity contribution < 1.29 is 9.66 Å². The molecule has 1 aromatic rings. The standard InChI is InChI=1S/C12H22N4O3/c1-4-6-10-11(16(17)18)12(15(3)14-10)19-9-8-13-7-5-2/h13H,4-9H2,1-3H3. The molecule has 0 saturated carbocycles. The minimum Gasteiger partial charge on any atom is -0.472 e. The third kappa shape index (κ3) is 4.20. The van der Waals surface area contributed by atoms with Crippen molar-refractivity contribution in [1.82, 2.24) is 15.1 Å². The predicted molar refractivity (Wildman–Crippen MR) is 72.5 cm³/mol. The Kier molecular flexibility index (Phi) is 6.27. The Morgan fingerprint density at radius 2 is 2.11 bits per heavy atom. The number of rotatable bonds is 9. The molecular formula is C12H22N4O3. The first-order valence-electron chi connectivity index (χ1n) is 6.65. The summed E-state index contributed by atoms with van der Waals surface area (Å²) in [5.74, 6) is 0.242. The average Bonchev–Trinajstić information content (AvgIpc) is 2.66. The van der Waals surface area contributed by atoms with Crippen LogP contribution >= 0.6 is 0 Å². The molecule has 0 bridgehead atoms. The van der Waals surface area contributed by atoms with Crippen molar-refractivity contribution in [2.45, 2.75) is 33.1 Å². The molecule has 19 heavy (non-hydrogen) atoms. The summed E-state index contributed by atoms with van der Waals surface area (Å²) in [6.45, 7) is 6.02. The van der Waals surface area contributed by atoms with E-state index in [2.05, 4.69) is 17.3 Å². The van der Waals surface area contributed by atoms with Gasteiger partial charge in [0.1, 0.15) is 12.3 Å². The highest BCUT2D eigenvalue weighted by Crippen LogP contribution is 2.30. The van der Waals surface area contributed by atoms with Gasteiger partial charge < -0.3 is 10.1 Å². The molecule has 0 atom stereocenters. The highest BCUT2D eigenvalue weighted by atomic mass is 16.6. The molecule has 0 fully saturated rings. The fraction of sp³-hybridized carbons (Fsp3) is 0.750. The van der Waals surface area contributed by atoms with Crippen LogP contribution in [-0.2, 0) is 13.5 Å². The van der Waals surface area contributed by atoms with Gasteiger partial charge in [0.25, 0.3) is 5.88 Å². The quantitative estimate of drug-likeness (QED) is 0.419. The summed E-state index contributed by atoms with van der Waals surface area (Å²) in [6.07, 6.45) is 2.45. The third-order valence-corrected chi connectivity index (χ3v) is 2.65. The third-order valence-electron chi connectivity index (χ3n) is 2.65. The van der Waals surface area contributed by atoms with E-state index in [-0.39, 0.29) is 11.6 Å². The van der Waals surface area contributed by atoms with Crippen LogP contribution in [0, 0.1) is 10.1 Å². The second-order valence-corrected chi connectivity index (χ2v) is 4.33. The Morgan fingerprint density at radius 3 is 2.68 bits per heavy atom. The Hall–Kier alpha value is -1.63. The molecule has 0 spiro atoms. The van der Waals surface area contributed by atoms with Gasteiger partial charge in [-0.2, -0.15) is 5.10 Å². The number of nitrogens with zero attached hydrogens (tertiary/aromatic N) is 3. The maximum absolute atomic E-state index is 11.1. The summed E-state index contributed by atoms with van der Waals surface area (Å²) < 4.78 is 6.95. The van der Waals surface area contributed by atoms with Crippen LogP contribution in [0.1, 0.15) is 32.4 Å². The topological polar surface area (TPSA) is 82.2 Å². The fourth-order valence-corrected chi connectivity index (χ4v) is 1.82. The molecule has 0 aromatic carbocycles. The Balaban J connectivity index is 2.72. The molecular weight excluding hydrogens is 248 g/mol. The van der Waals surface area contributed by atoms with Crippen molar-refractivity contribution in [2.75, 3.05) is 19.7 Å². The Morgan fingerprint density at radius 1 is 1.37 bits per heavy atom. The second-order valence-electron chi connectivity index (χ2n) is 4.33. The van der Waals surface area contributed by atoms with Crippen molar-refractivity contribution in [3.63, 3.8) is 0 Å². The van der Waals surface area contributed by atoms with Gasteiger partial charge in [-0.05, 0) is 19.4 Å². The lowest BCUT2D eigenvalue weighted by atomic mass is 10.2. The van der Waals surface area contributed by atoms with Crippen LogP contribution in [0.15, 0.2) is 0 Å². The van der Waals surface area contributed by atoms with Crippen LogP contribution in [0.5, 0.6) is 5.88 Å². The second kappa shape index (κ2) is 7.73. The number of nitrogens with one attached hydrogen (secondary N) is 1. The summed E-state index contributed by atoms with van der Waals surface area (Å²) in [5, 5.41) is 18.5. The molecule has 0 unspecified atom stereocenters. The van der Waals surface area contributed by atoms with Gasteiger partial charge in [0.2, 0.25) is 0 Å². The van der Waals surface area contributed by atoms with Gasteiger partial charge in [-0.3, -0.25) is 10.1 Å². The monoisotopic (exact) mass is 270 g/mol. The van der Waals surface area contributed by atoms with Gasteiger partial charge >= 0.3 is 5.69 Å². The number of hydrogen-bond donors (Lipinski definition) is 1. The molecule has 0 aliphatic rings. The summed E-state index contributed by atoms with van der Waals surface area (Å²) in [5.41, 5.74) is 0.492. The van der Waals surface area contributed by atoms with Crippen molar-refractivity contribution in [2.24, 2.45) is 7.05 Å². The minimum atomic E-state index is -0.410. The number of ether oxygens (including phenoxy) is 1. The zero-order valence-electron chi connectivity index (χ0n) is 11.8. The van der Waals surface area contributed by atoms with Crippen molar-refractivity contribution in [3.8, 4) is 5.88 Å². The normalized spacial score (nSPS) is 10.7. The molecule has 1 N–H and O–H groups in total. The lowest BCUT2D eigenvalue weighted by molar-refractivity contribution is -0.386. The molecule has 1 heterocycles. The van der Waals surface area contributed by atoms with Gasteiger partial charge in [-0.15, -0.1) is 0 Å². The van der Waals surface area contributed by atoms with E-state index in [4.69, 9.17) is 4.74 Å². The molecule has 7 heteroatoms. The molecule has 0 amide bonds. The van der Waals surface area contributed by atoms with Crippen LogP contribution in [0.2, 0.25) is 0 Å². The molecule has 0 aliphatic carbocycles. The van der Waals surface area contributed by atoms with Crippen LogP contribution in [0.25, 0.3) is 0 Å². The van der Waals surface area contributed by atoms with E-state index >= 15 is 0 Å². The zero-order valence-corrected chi connectivity index (χ0v) is 11.8. The van der Waals surface area contributed by atoms with E-state index in [0.717, 1.165) is 19.4 Å². The molecule has 0 radical (unpaired) electrons. The van der Waals surface area contributed by atoms with Gasteiger partial charge in [0, 0.05) is 13.6 Å². The summed E-state index contributed by atoms with van der Waals surface area (Å²) >= 11 is 0. The number of nitro groups is 1. The highest BCUT2D eigenvalue weighted by molar-refractivity contribution is 5.46. The van der Waals surface area contributed by atoms with E-state index in [1.807, 2.05) is 6.92 Å². The first-order valence-corrected chi connectivity index (χ1v) is 6.65. The van der Waals surface area contributed by atoms with Crippen molar-refractivity contribution in [3.05, 3.63) is 15.8 Å². The molecule has 108 valence electrons. The molecule has 0 saturated heterocycles. The smallest absolute Gasteiger partial charge is 0.353 e. The van der Waals surface area contributed by atoms with Gasteiger partial charge in [0.05, 0.1) is 4.92 Å². The Labute approximate surface area is 113 Å². The fourth-order valence-electron chi connectivity index (χ4n) is 1.82. The van der Waals surface area contributed by atoms with Crippen LogP contribution in [0.4, 0.5) is 5.69 Å².